The zero-order chi connectivity index (χ0) is 15.4. The molecule has 5 heteroatoms. The number of ether oxygens (including phenoxy) is 2. The van der Waals surface area contributed by atoms with Gasteiger partial charge in [0.25, 0.3) is 0 Å². The molecule has 1 aliphatic heterocycles. The highest BCUT2D eigenvalue weighted by molar-refractivity contribution is 6.22. The molecule has 0 bridgehead atoms. The number of carbonyl (C=O) groups excluding carboxylic acids is 1. The molecule has 0 spiro atoms. The summed E-state index contributed by atoms with van der Waals surface area (Å²) in [5.41, 5.74) is 1.77. The number of nitrogens with zero attached hydrogens (tertiary/aromatic N) is 1. The van der Waals surface area contributed by atoms with Gasteiger partial charge in [-0.2, -0.15) is 0 Å². The van der Waals surface area contributed by atoms with Crippen LogP contribution in [0.5, 0.6) is 5.75 Å². The largest absolute Gasteiger partial charge is 0.505 e. The number of hydrogen-bond acceptors (Lipinski definition) is 5. The molecule has 0 aliphatic carbocycles. The molecule has 0 fully saturated rings. The first-order valence-electron chi connectivity index (χ1n) is 6.59. The lowest BCUT2D eigenvalue weighted by Crippen LogP contribution is -2.13. The summed E-state index contributed by atoms with van der Waals surface area (Å²) in [4.78, 5) is 16.0. The Bertz CT molecular complexity index is 639. The molecule has 21 heavy (non-hydrogen) atoms. The maximum atomic E-state index is 11.8. The van der Waals surface area contributed by atoms with Gasteiger partial charge in [-0.1, -0.05) is 12.1 Å². The molecule has 0 radical (unpaired) electrons. The van der Waals surface area contributed by atoms with Gasteiger partial charge in [-0.3, -0.25) is 0 Å². The van der Waals surface area contributed by atoms with E-state index < -0.39 is 5.97 Å². The predicted octanol–water partition coefficient (Wildman–Crippen LogP) is 2.89. The third-order valence-corrected chi connectivity index (χ3v) is 3.03. The summed E-state index contributed by atoms with van der Waals surface area (Å²) >= 11 is 0. The minimum absolute atomic E-state index is 0.122. The van der Waals surface area contributed by atoms with Crippen molar-refractivity contribution in [2.24, 2.45) is 4.99 Å². The minimum Gasteiger partial charge on any atom is -0.505 e. The summed E-state index contributed by atoms with van der Waals surface area (Å²) in [6, 6.07) is 7.30. The van der Waals surface area contributed by atoms with Crippen LogP contribution in [0.2, 0.25) is 0 Å². The fraction of sp³-hybridized carbons (Fsp3) is 0.250. The number of aliphatic imine (C=N–C) groups is 1. The lowest BCUT2D eigenvalue weighted by Gasteiger charge is -2.03. The molecular weight excluding hydrogens is 270 g/mol. The highest BCUT2D eigenvalue weighted by Gasteiger charge is 2.27. The van der Waals surface area contributed by atoms with Crippen molar-refractivity contribution in [3.05, 3.63) is 46.9 Å². The second kappa shape index (κ2) is 6.26. The molecule has 0 saturated heterocycles. The number of methoxy groups -OCH3 is 1. The van der Waals surface area contributed by atoms with Gasteiger partial charge in [-0.25, -0.2) is 9.79 Å². The van der Waals surface area contributed by atoms with Crippen molar-refractivity contribution in [2.75, 3.05) is 13.7 Å². The van der Waals surface area contributed by atoms with E-state index in [-0.39, 0.29) is 17.9 Å². The van der Waals surface area contributed by atoms with Gasteiger partial charge in [-0.05, 0) is 37.6 Å². The number of benzene rings is 1. The summed E-state index contributed by atoms with van der Waals surface area (Å²) < 4.78 is 10.00. The zero-order valence-corrected chi connectivity index (χ0v) is 12.2. The number of rotatable bonds is 4. The van der Waals surface area contributed by atoms with Crippen LogP contribution in [0.15, 0.2) is 46.3 Å². The Hall–Kier alpha value is -2.56. The average molecular weight is 287 g/mol. The van der Waals surface area contributed by atoms with Crippen LogP contribution >= 0.6 is 0 Å². The SMILES string of the molecule is CCOC(=O)C1=C(O)/C(=C\c2ccc(OC)cc2)N=C1C. The van der Waals surface area contributed by atoms with Crippen molar-refractivity contribution < 1.29 is 19.4 Å². The lowest BCUT2D eigenvalue weighted by molar-refractivity contribution is -0.138. The Morgan fingerprint density at radius 1 is 1.33 bits per heavy atom. The molecule has 1 heterocycles. The Morgan fingerprint density at radius 3 is 2.57 bits per heavy atom. The Labute approximate surface area is 123 Å². The van der Waals surface area contributed by atoms with E-state index in [2.05, 4.69) is 4.99 Å². The molecule has 0 unspecified atom stereocenters. The van der Waals surface area contributed by atoms with E-state index in [0.29, 0.717) is 11.4 Å². The van der Waals surface area contributed by atoms with Crippen LogP contribution in [0.25, 0.3) is 6.08 Å². The maximum Gasteiger partial charge on any atom is 0.343 e. The van der Waals surface area contributed by atoms with Crippen molar-refractivity contribution in [1.82, 2.24) is 0 Å². The van der Waals surface area contributed by atoms with Crippen LogP contribution < -0.4 is 4.74 Å². The predicted molar refractivity (Wildman–Crippen MR) is 80.4 cm³/mol. The molecule has 0 saturated carbocycles. The lowest BCUT2D eigenvalue weighted by atomic mass is 10.1. The number of esters is 1. The standard InChI is InChI=1S/C16H17NO4/c1-4-21-16(19)14-10(2)17-13(15(14)18)9-11-5-7-12(20-3)8-6-11/h5-9,18H,4H2,1-3H3/b13-9+. The van der Waals surface area contributed by atoms with Gasteiger partial charge in [-0.15, -0.1) is 0 Å². The van der Waals surface area contributed by atoms with E-state index in [1.165, 1.54) is 0 Å². The van der Waals surface area contributed by atoms with E-state index in [1.54, 1.807) is 27.0 Å². The van der Waals surface area contributed by atoms with Gasteiger partial charge in [0.2, 0.25) is 0 Å². The number of aliphatic hydroxyl groups excluding tert-OH is 1. The summed E-state index contributed by atoms with van der Waals surface area (Å²) in [5.74, 6) is 0.0337. The molecule has 0 atom stereocenters. The average Bonchev–Trinajstić information content (AvgIpc) is 2.74. The molecule has 1 aliphatic rings. The van der Waals surface area contributed by atoms with Gasteiger partial charge in [0, 0.05) is 0 Å². The Kier molecular flexibility index (Phi) is 4.42. The van der Waals surface area contributed by atoms with E-state index in [1.807, 2.05) is 24.3 Å². The topological polar surface area (TPSA) is 68.1 Å². The van der Waals surface area contributed by atoms with Crippen LogP contribution in [-0.4, -0.2) is 30.5 Å². The fourth-order valence-corrected chi connectivity index (χ4v) is 2.00. The third kappa shape index (κ3) is 3.13. The van der Waals surface area contributed by atoms with Crippen molar-refractivity contribution >= 4 is 17.8 Å². The Balaban J connectivity index is 2.32. The first-order valence-corrected chi connectivity index (χ1v) is 6.59. The third-order valence-electron chi connectivity index (χ3n) is 3.03. The highest BCUT2D eigenvalue weighted by Crippen LogP contribution is 2.26. The second-order valence-electron chi connectivity index (χ2n) is 4.44. The maximum absolute atomic E-state index is 11.8. The van der Waals surface area contributed by atoms with Gasteiger partial charge in [0.15, 0.2) is 5.76 Å². The van der Waals surface area contributed by atoms with Gasteiger partial charge in [0.05, 0.1) is 19.4 Å². The summed E-state index contributed by atoms with van der Waals surface area (Å²) in [6.45, 7) is 3.63. The number of carbonyl (C=O) groups is 1. The normalized spacial score (nSPS) is 16.1. The second-order valence-corrected chi connectivity index (χ2v) is 4.44. The first kappa shape index (κ1) is 14.8. The molecule has 110 valence electrons. The first-order chi connectivity index (χ1) is 10.1. The van der Waals surface area contributed by atoms with Crippen LogP contribution in [0.1, 0.15) is 19.4 Å². The molecular formula is C16H17NO4. The van der Waals surface area contributed by atoms with Crippen molar-refractivity contribution in [3.8, 4) is 5.75 Å². The molecule has 1 aromatic carbocycles. The smallest absolute Gasteiger partial charge is 0.343 e. The molecule has 2 rings (SSSR count). The van der Waals surface area contributed by atoms with Gasteiger partial charge in [0.1, 0.15) is 17.0 Å². The monoisotopic (exact) mass is 287 g/mol. The zero-order valence-electron chi connectivity index (χ0n) is 12.2. The summed E-state index contributed by atoms with van der Waals surface area (Å²) in [5, 5.41) is 10.1. The molecule has 0 amide bonds. The van der Waals surface area contributed by atoms with Crippen LogP contribution in [-0.2, 0) is 9.53 Å². The van der Waals surface area contributed by atoms with E-state index in [9.17, 15) is 9.90 Å². The minimum atomic E-state index is -0.561. The van der Waals surface area contributed by atoms with Gasteiger partial charge < -0.3 is 14.6 Å². The van der Waals surface area contributed by atoms with Crippen molar-refractivity contribution in [1.29, 1.82) is 0 Å². The van der Waals surface area contributed by atoms with E-state index in [0.717, 1.165) is 11.3 Å². The molecule has 5 nitrogen and oxygen atoms in total. The number of aliphatic hydroxyl groups is 1. The van der Waals surface area contributed by atoms with E-state index in [4.69, 9.17) is 9.47 Å². The fourth-order valence-electron chi connectivity index (χ4n) is 2.00. The van der Waals surface area contributed by atoms with Crippen LogP contribution in [0, 0.1) is 0 Å². The molecule has 1 aromatic rings. The Morgan fingerprint density at radius 2 is 2.00 bits per heavy atom. The van der Waals surface area contributed by atoms with Crippen LogP contribution in [0.4, 0.5) is 0 Å². The van der Waals surface area contributed by atoms with Crippen molar-refractivity contribution in [2.45, 2.75) is 13.8 Å². The quantitative estimate of drug-likeness (QED) is 0.865. The number of hydrogen-bond donors (Lipinski definition) is 1. The van der Waals surface area contributed by atoms with Crippen LogP contribution in [0.3, 0.4) is 0 Å². The summed E-state index contributed by atoms with van der Waals surface area (Å²) in [6.07, 6.45) is 1.70. The highest BCUT2D eigenvalue weighted by atomic mass is 16.5. The van der Waals surface area contributed by atoms with E-state index >= 15 is 0 Å². The molecule has 1 N–H and O–H groups in total. The van der Waals surface area contributed by atoms with Gasteiger partial charge >= 0.3 is 5.97 Å². The summed E-state index contributed by atoms with van der Waals surface area (Å²) in [7, 11) is 1.60. The molecule has 0 aromatic heterocycles. The van der Waals surface area contributed by atoms with Crippen molar-refractivity contribution in [3.63, 3.8) is 0 Å².